The Kier molecular flexibility index (Phi) is 3.30. The molecule has 0 aromatic carbocycles. The van der Waals surface area contributed by atoms with Gasteiger partial charge in [-0.25, -0.2) is 0 Å². The van der Waals surface area contributed by atoms with Crippen LogP contribution in [-0.4, -0.2) is 4.98 Å². The van der Waals surface area contributed by atoms with Gasteiger partial charge >= 0.3 is 0 Å². The van der Waals surface area contributed by atoms with E-state index in [1.54, 1.807) is 11.3 Å². The lowest BCUT2D eigenvalue weighted by Gasteiger charge is -1.93. The summed E-state index contributed by atoms with van der Waals surface area (Å²) in [5.74, 6) is 0. The molecule has 0 aliphatic rings. The van der Waals surface area contributed by atoms with Crippen molar-refractivity contribution in [1.29, 1.82) is 0 Å². The maximum Gasteiger partial charge on any atom is 0.0801 e. The molecule has 2 heterocycles. The van der Waals surface area contributed by atoms with Crippen molar-refractivity contribution in [2.75, 3.05) is 0 Å². The fourth-order valence-electron chi connectivity index (χ4n) is 1.42. The molecule has 2 aromatic rings. The first-order valence-electron chi connectivity index (χ1n) is 5.00. The van der Waals surface area contributed by atoms with Gasteiger partial charge in [0, 0.05) is 6.20 Å². The number of pyridine rings is 1. The Morgan fingerprint density at radius 1 is 1.40 bits per heavy atom. The summed E-state index contributed by atoms with van der Waals surface area (Å²) in [5.41, 5.74) is 2.44. The minimum absolute atomic E-state index is 1.04. The van der Waals surface area contributed by atoms with E-state index in [1.807, 2.05) is 30.5 Å². The van der Waals surface area contributed by atoms with E-state index in [2.05, 4.69) is 23.0 Å². The number of allylic oxidation sites excluding steroid dienone is 1. The third kappa shape index (κ3) is 2.54. The van der Waals surface area contributed by atoms with Gasteiger partial charge in [-0.1, -0.05) is 12.1 Å². The topological polar surface area (TPSA) is 12.9 Å². The number of aryl methyl sites for hydroxylation is 1. The largest absolute Gasteiger partial charge is 0.255 e. The molecule has 0 saturated carbocycles. The Morgan fingerprint density at radius 2 is 2.33 bits per heavy atom. The Balaban J connectivity index is 2.17. The third-order valence-corrected chi connectivity index (χ3v) is 3.21. The Hall–Kier alpha value is -1.41. The summed E-state index contributed by atoms with van der Waals surface area (Å²) >= 11 is 1.76. The van der Waals surface area contributed by atoms with Gasteiger partial charge in [0.1, 0.15) is 0 Å². The lowest BCUT2D eigenvalue weighted by Crippen LogP contribution is -1.79. The van der Waals surface area contributed by atoms with Crippen LogP contribution in [0.1, 0.15) is 12.0 Å². The summed E-state index contributed by atoms with van der Waals surface area (Å²) in [6.07, 6.45) is 5.90. The zero-order chi connectivity index (χ0) is 10.5. The zero-order valence-electron chi connectivity index (χ0n) is 8.52. The quantitative estimate of drug-likeness (QED) is 0.704. The van der Waals surface area contributed by atoms with Crippen molar-refractivity contribution in [3.63, 3.8) is 0 Å². The van der Waals surface area contributed by atoms with Crippen molar-refractivity contribution in [3.05, 3.63) is 54.1 Å². The second kappa shape index (κ2) is 4.89. The Bertz CT molecular complexity index is 431. The maximum atomic E-state index is 4.33. The minimum Gasteiger partial charge on any atom is -0.255 e. The first kappa shape index (κ1) is 10.1. The summed E-state index contributed by atoms with van der Waals surface area (Å²) in [6, 6.07) is 8.22. The van der Waals surface area contributed by atoms with Gasteiger partial charge in [0.2, 0.25) is 0 Å². The van der Waals surface area contributed by atoms with Gasteiger partial charge in [-0.05, 0) is 42.0 Å². The highest BCUT2D eigenvalue weighted by molar-refractivity contribution is 7.13. The average molecular weight is 215 g/mol. The van der Waals surface area contributed by atoms with Crippen molar-refractivity contribution >= 4 is 11.3 Å². The van der Waals surface area contributed by atoms with Crippen LogP contribution in [0.4, 0.5) is 0 Å². The molecule has 2 heteroatoms. The fourth-order valence-corrected chi connectivity index (χ4v) is 2.34. The first-order valence-corrected chi connectivity index (χ1v) is 5.88. The summed E-state index contributed by atoms with van der Waals surface area (Å²) in [6.45, 7) is 3.73. The highest BCUT2D eigenvalue weighted by Gasteiger charge is 2.02. The highest BCUT2D eigenvalue weighted by Crippen LogP contribution is 2.25. The predicted octanol–water partition coefficient (Wildman–Crippen LogP) is 3.93. The van der Waals surface area contributed by atoms with Crippen LogP contribution in [0.5, 0.6) is 0 Å². The third-order valence-electron chi connectivity index (χ3n) is 2.21. The maximum absolute atomic E-state index is 4.33. The van der Waals surface area contributed by atoms with E-state index in [0.29, 0.717) is 0 Å². The molecular weight excluding hydrogens is 202 g/mol. The van der Waals surface area contributed by atoms with Crippen LogP contribution in [0.2, 0.25) is 0 Å². The molecule has 0 atom stereocenters. The Morgan fingerprint density at radius 3 is 3.07 bits per heavy atom. The standard InChI is InChI=1S/C13H13NS/c1-2-3-6-11-9-13(15-10-11)12-7-4-5-8-14-12/h2,4-5,7-10H,1,3,6H2. The smallest absolute Gasteiger partial charge is 0.0801 e. The minimum atomic E-state index is 1.04. The lowest BCUT2D eigenvalue weighted by atomic mass is 10.1. The van der Waals surface area contributed by atoms with Crippen molar-refractivity contribution in [1.82, 2.24) is 4.98 Å². The van der Waals surface area contributed by atoms with Crippen molar-refractivity contribution < 1.29 is 0 Å². The van der Waals surface area contributed by atoms with Gasteiger partial charge < -0.3 is 0 Å². The van der Waals surface area contributed by atoms with Crippen molar-refractivity contribution in [3.8, 4) is 10.6 Å². The van der Waals surface area contributed by atoms with Crippen LogP contribution in [0.15, 0.2) is 48.5 Å². The molecule has 2 rings (SSSR count). The zero-order valence-corrected chi connectivity index (χ0v) is 9.33. The van der Waals surface area contributed by atoms with E-state index >= 15 is 0 Å². The number of hydrogen-bond donors (Lipinski definition) is 0. The number of rotatable bonds is 4. The van der Waals surface area contributed by atoms with E-state index in [0.717, 1.165) is 18.5 Å². The van der Waals surface area contributed by atoms with Gasteiger partial charge in [0.05, 0.1) is 10.6 Å². The lowest BCUT2D eigenvalue weighted by molar-refractivity contribution is 1.01. The molecule has 0 radical (unpaired) electrons. The molecule has 0 bridgehead atoms. The van der Waals surface area contributed by atoms with E-state index in [9.17, 15) is 0 Å². The van der Waals surface area contributed by atoms with Gasteiger partial charge in [-0.15, -0.1) is 17.9 Å². The van der Waals surface area contributed by atoms with Gasteiger partial charge in [0.25, 0.3) is 0 Å². The van der Waals surface area contributed by atoms with E-state index in [-0.39, 0.29) is 0 Å². The Labute approximate surface area is 94.1 Å². The van der Waals surface area contributed by atoms with Crippen LogP contribution >= 0.6 is 11.3 Å². The molecule has 0 N–H and O–H groups in total. The highest BCUT2D eigenvalue weighted by atomic mass is 32.1. The molecule has 76 valence electrons. The molecule has 15 heavy (non-hydrogen) atoms. The fraction of sp³-hybridized carbons (Fsp3) is 0.154. The summed E-state index contributed by atoms with van der Waals surface area (Å²) in [5, 5.41) is 2.20. The second-order valence-corrected chi connectivity index (χ2v) is 4.27. The van der Waals surface area contributed by atoms with Crippen LogP contribution in [0.3, 0.4) is 0 Å². The van der Waals surface area contributed by atoms with Crippen LogP contribution in [0.25, 0.3) is 10.6 Å². The number of thiophene rings is 1. The molecule has 0 fully saturated rings. The molecule has 0 amide bonds. The summed E-state index contributed by atoms with van der Waals surface area (Å²) < 4.78 is 0. The molecule has 0 saturated heterocycles. The molecule has 0 unspecified atom stereocenters. The van der Waals surface area contributed by atoms with Crippen LogP contribution in [0, 0.1) is 0 Å². The number of aromatic nitrogens is 1. The van der Waals surface area contributed by atoms with Crippen molar-refractivity contribution in [2.45, 2.75) is 12.8 Å². The predicted molar refractivity (Wildman–Crippen MR) is 66.1 cm³/mol. The molecule has 1 nitrogen and oxygen atoms in total. The molecule has 0 spiro atoms. The van der Waals surface area contributed by atoms with E-state index < -0.39 is 0 Å². The van der Waals surface area contributed by atoms with Crippen molar-refractivity contribution in [2.24, 2.45) is 0 Å². The van der Waals surface area contributed by atoms with Crippen LogP contribution < -0.4 is 0 Å². The second-order valence-electron chi connectivity index (χ2n) is 3.36. The number of nitrogens with zero attached hydrogens (tertiary/aromatic N) is 1. The molecule has 0 aliphatic carbocycles. The monoisotopic (exact) mass is 215 g/mol. The van der Waals surface area contributed by atoms with Gasteiger partial charge in [0.15, 0.2) is 0 Å². The molecular formula is C13H13NS. The first-order chi connectivity index (χ1) is 7.40. The van der Waals surface area contributed by atoms with E-state index in [4.69, 9.17) is 0 Å². The number of hydrogen-bond acceptors (Lipinski definition) is 2. The summed E-state index contributed by atoms with van der Waals surface area (Å²) in [7, 11) is 0. The SMILES string of the molecule is C=CCCc1csc(-c2ccccn2)c1. The normalized spacial score (nSPS) is 10.1. The molecule has 0 aliphatic heterocycles. The van der Waals surface area contributed by atoms with Gasteiger partial charge in [-0.3, -0.25) is 4.98 Å². The van der Waals surface area contributed by atoms with Crippen LogP contribution in [-0.2, 0) is 6.42 Å². The summed E-state index contributed by atoms with van der Waals surface area (Å²) in [4.78, 5) is 5.58. The van der Waals surface area contributed by atoms with E-state index in [1.165, 1.54) is 10.4 Å². The molecule has 2 aromatic heterocycles. The average Bonchev–Trinajstić information content (AvgIpc) is 2.76. The van der Waals surface area contributed by atoms with Gasteiger partial charge in [-0.2, -0.15) is 0 Å².